The van der Waals surface area contributed by atoms with E-state index in [2.05, 4.69) is 4.99 Å². The summed E-state index contributed by atoms with van der Waals surface area (Å²) < 4.78 is 51.0. The molecule has 0 fully saturated rings. The average Bonchev–Trinajstić information content (AvgIpc) is 3.13. The van der Waals surface area contributed by atoms with Gasteiger partial charge in [0.25, 0.3) is 5.91 Å². The van der Waals surface area contributed by atoms with Gasteiger partial charge in [0.1, 0.15) is 5.75 Å². The summed E-state index contributed by atoms with van der Waals surface area (Å²) in [6.45, 7) is 0. The number of methoxy groups -OCH3 is 1. The Bertz CT molecular complexity index is 1160. The SMILES string of the molecule is COc1cc(C=C2SC(N(C)OC)=NC2=O)ccc1Oc1ccc(C#N)cc1C(F)(F)F. The first-order valence-electron chi connectivity index (χ1n) is 8.94. The number of hydroxylamine groups is 2. The highest BCUT2D eigenvalue weighted by Crippen LogP contribution is 2.41. The number of ether oxygens (including phenoxy) is 2. The number of thioether (sulfide) groups is 1. The Labute approximate surface area is 185 Å². The number of halogens is 3. The van der Waals surface area contributed by atoms with Crippen LogP contribution in [0.3, 0.4) is 0 Å². The van der Waals surface area contributed by atoms with Crippen molar-refractivity contribution in [3.63, 3.8) is 0 Å². The number of hydrogen-bond donors (Lipinski definition) is 0. The Morgan fingerprint density at radius 1 is 1.12 bits per heavy atom. The summed E-state index contributed by atoms with van der Waals surface area (Å²) in [5.41, 5.74) is -0.666. The van der Waals surface area contributed by atoms with Gasteiger partial charge in [0, 0.05) is 7.05 Å². The highest BCUT2D eigenvalue weighted by atomic mass is 32.2. The molecule has 0 unspecified atom stereocenters. The fourth-order valence-electron chi connectivity index (χ4n) is 2.65. The lowest BCUT2D eigenvalue weighted by Crippen LogP contribution is -2.21. The van der Waals surface area contributed by atoms with Crippen molar-refractivity contribution in [2.45, 2.75) is 6.18 Å². The standard InChI is InChI=1S/C21H16F3N3O4S/c1-27(30-3)20-26-19(28)18(32-20)10-12-4-7-16(17(9-12)29-2)31-15-6-5-13(11-25)8-14(15)21(22,23)24/h4-10H,1-3H3. The van der Waals surface area contributed by atoms with Crippen LogP contribution in [0.15, 0.2) is 46.3 Å². The molecule has 1 aliphatic rings. The average molecular weight is 463 g/mol. The molecule has 2 aromatic carbocycles. The number of aliphatic imine (C=N–C) groups is 1. The van der Waals surface area contributed by atoms with Crippen LogP contribution in [0.1, 0.15) is 16.7 Å². The molecular formula is C21H16F3N3O4S. The number of nitriles is 1. The highest BCUT2D eigenvalue weighted by Gasteiger charge is 2.35. The van der Waals surface area contributed by atoms with Gasteiger partial charge in [-0.1, -0.05) is 6.07 Å². The number of amides is 1. The molecule has 1 heterocycles. The lowest BCUT2D eigenvalue weighted by Gasteiger charge is -2.16. The van der Waals surface area contributed by atoms with Gasteiger partial charge in [0.05, 0.1) is 36.3 Å². The summed E-state index contributed by atoms with van der Waals surface area (Å²) in [7, 11) is 4.39. The third kappa shape index (κ3) is 5.04. The molecular weight excluding hydrogens is 447 g/mol. The first-order chi connectivity index (χ1) is 15.2. The van der Waals surface area contributed by atoms with Crippen LogP contribution in [0.4, 0.5) is 13.2 Å². The minimum absolute atomic E-state index is 0.0336. The predicted molar refractivity (Wildman–Crippen MR) is 112 cm³/mol. The van der Waals surface area contributed by atoms with Gasteiger partial charge in [-0.15, -0.1) is 0 Å². The Morgan fingerprint density at radius 2 is 1.84 bits per heavy atom. The van der Waals surface area contributed by atoms with Gasteiger partial charge in [-0.2, -0.15) is 23.4 Å². The van der Waals surface area contributed by atoms with Gasteiger partial charge in [0.15, 0.2) is 16.7 Å². The Balaban J connectivity index is 1.90. The van der Waals surface area contributed by atoms with E-state index >= 15 is 0 Å². The van der Waals surface area contributed by atoms with Crippen LogP contribution in [0.5, 0.6) is 17.2 Å². The number of hydrogen-bond acceptors (Lipinski definition) is 7. The number of rotatable bonds is 5. The molecule has 0 atom stereocenters. The lowest BCUT2D eigenvalue weighted by atomic mass is 10.1. The van der Waals surface area contributed by atoms with Crippen LogP contribution in [-0.4, -0.2) is 37.4 Å². The largest absolute Gasteiger partial charge is 0.493 e. The monoisotopic (exact) mass is 463 g/mol. The minimum atomic E-state index is -4.72. The fraction of sp³-hybridized carbons (Fsp3) is 0.190. The zero-order valence-electron chi connectivity index (χ0n) is 17.1. The third-order valence-corrected chi connectivity index (χ3v) is 5.32. The molecule has 1 amide bonds. The van der Waals surface area contributed by atoms with Crippen molar-refractivity contribution < 1.29 is 32.3 Å². The van der Waals surface area contributed by atoms with Crippen LogP contribution in [0.25, 0.3) is 6.08 Å². The summed E-state index contributed by atoms with van der Waals surface area (Å²) >= 11 is 1.11. The normalized spacial score (nSPS) is 14.8. The number of carbonyl (C=O) groups is 1. The summed E-state index contributed by atoms with van der Waals surface area (Å²) in [5, 5.41) is 10.6. The Kier molecular flexibility index (Phi) is 6.76. The van der Waals surface area contributed by atoms with Crippen LogP contribution in [0.2, 0.25) is 0 Å². The molecule has 32 heavy (non-hydrogen) atoms. The molecule has 0 N–H and O–H groups in total. The van der Waals surface area contributed by atoms with Gasteiger partial charge in [-0.05, 0) is 53.7 Å². The van der Waals surface area contributed by atoms with E-state index < -0.39 is 23.4 Å². The van der Waals surface area contributed by atoms with Crippen LogP contribution < -0.4 is 9.47 Å². The number of benzene rings is 2. The van der Waals surface area contributed by atoms with Crippen molar-refractivity contribution in [1.29, 1.82) is 5.26 Å². The molecule has 7 nitrogen and oxygen atoms in total. The second kappa shape index (κ2) is 9.33. The maximum atomic E-state index is 13.4. The zero-order valence-corrected chi connectivity index (χ0v) is 17.9. The zero-order chi connectivity index (χ0) is 23.5. The van der Waals surface area contributed by atoms with Gasteiger partial charge in [0.2, 0.25) is 0 Å². The van der Waals surface area contributed by atoms with Crippen molar-refractivity contribution >= 4 is 28.9 Å². The molecule has 3 rings (SSSR count). The Hall–Kier alpha value is -3.49. The summed E-state index contributed by atoms with van der Waals surface area (Å²) in [6, 6.07) is 9.21. The number of nitrogens with zero attached hydrogens (tertiary/aromatic N) is 3. The van der Waals surface area contributed by atoms with E-state index in [1.807, 2.05) is 0 Å². The number of carbonyl (C=O) groups excluding carboxylic acids is 1. The molecule has 0 spiro atoms. The molecule has 0 aliphatic carbocycles. The first-order valence-corrected chi connectivity index (χ1v) is 9.75. The predicted octanol–water partition coefficient (Wildman–Crippen LogP) is 4.84. The molecule has 2 aromatic rings. The maximum Gasteiger partial charge on any atom is 0.420 e. The van der Waals surface area contributed by atoms with E-state index in [0.717, 1.165) is 23.9 Å². The van der Waals surface area contributed by atoms with Gasteiger partial charge < -0.3 is 9.47 Å². The van der Waals surface area contributed by atoms with Gasteiger partial charge in [-0.25, -0.2) is 5.06 Å². The molecule has 1 aliphatic heterocycles. The topological polar surface area (TPSA) is 84.2 Å². The summed E-state index contributed by atoms with van der Waals surface area (Å²) in [6.07, 6.45) is -3.14. The minimum Gasteiger partial charge on any atom is -0.493 e. The fourth-order valence-corrected chi connectivity index (χ4v) is 3.51. The lowest BCUT2D eigenvalue weighted by molar-refractivity contribution is -0.138. The van der Waals surface area contributed by atoms with E-state index in [1.165, 1.54) is 37.5 Å². The maximum absolute atomic E-state index is 13.4. The third-order valence-electron chi connectivity index (χ3n) is 4.27. The van der Waals surface area contributed by atoms with Crippen molar-refractivity contribution in [3.05, 3.63) is 58.0 Å². The second-order valence-electron chi connectivity index (χ2n) is 6.32. The number of alkyl halides is 3. The van der Waals surface area contributed by atoms with Crippen molar-refractivity contribution in [2.75, 3.05) is 21.3 Å². The number of amidine groups is 1. The Morgan fingerprint density at radius 3 is 2.47 bits per heavy atom. The van der Waals surface area contributed by atoms with Crippen molar-refractivity contribution in [2.24, 2.45) is 4.99 Å². The summed E-state index contributed by atoms with van der Waals surface area (Å²) in [4.78, 5) is 21.3. The van der Waals surface area contributed by atoms with Crippen LogP contribution in [-0.2, 0) is 15.8 Å². The van der Waals surface area contributed by atoms with E-state index in [-0.39, 0.29) is 17.1 Å². The van der Waals surface area contributed by atoms with E-state index in [9.17, 15) is 18.0 Å². The van der Waals surface area contributed by atoms with Gasteiger partial charge in [-0.3, -0.25) is 9.63 Å². The molecule has 166 valence electrons. The quantitative estimate of drug-likeness (QED) is 0.463. The molecule has 0 aromatic heterocycles. The molecule has 0 saturated heterocycles. The van der Waals surface area contributed by atoms with Crippen molar-refractivity contribution in [1.82, 2.24) is 5.06 Å². The molecule has 0 radical (unpaired) electrons. The van der Waals surface area contributed by atoms with Crippen LogP contribution >= 0.6 is 11.8 Å². The van der Waals surface area contributed by atoms with E-state index in [1.54, 1.807) is 25.3 Å². The van der Waals surface area contributed by atoms with E-state index in [4.69, 9.17) is 19.6 Å². The molecule has 0 bridgehead atoms. The van der Waals surface area contributed by atoms with E-state index in [0.29, 0.717) is 15.6 Å². The summed E-state index contributed by atoms with van der Waals surface area (Å²) in [5.74, 6) is -0.725. The highest BCUT2D eigenvalue weighted by molar-refractivity contribution is 8.18. The van der Waals surface area contributed by atoms with Crippen molar-refractivity contribution in [3.8, 4) is 23.3 Å². The first kappa shape index (κ1) is 23.2. The van der Waals surface area contributed by atoms with Crippen LogP contribution in [0, 0.1) is 11.3 Å². The van der Waals surface area contributed by atoms with Gasteiger partial charge >= 0.3 is 6.18 Å². The molecule has 11 heteroatoms. The second-order valence-corrected chi connectivity index (χ2v) is 7.33. The smallest absolute Gasteiger partial charge is 0.420 e. The molecule has 0 saturated carbocycles.